The molecule has 1 saturated heterocycles. The lowest BCUT2D eigenvalue weighted by Gasteiger charge is -2.36. The number of benzene rings is 4. The molecule has 3 atom stereocenters. The van der Waals surface area contributed by atoms with Crippen molar-refractivity contribution in [3.63, 3.8) is 0 Å². The molecule has 1 aliphatic rings. The Hall–Kier alpha value is -4.52. The van der Waals surface area contributed by atoms with Crippen molar-refractivity contribution in [1.29, 1.82) is 0 Å². The molecule has 1 aliphatic heterocycles. The first kappa shape index (κ1) is 36.8. The molecule has 4 aromatic carbocycles. The van der Waals surface area contributed by atoms with Gasteiger partial charge < -0.3 is 25.0 Å². The molecule has 0 bridgehead atoms. The molecule has 1 fully saturated rings. The van der Waals surface area contributed by atoms with Gasteiger partial charge in [0.2, 0.25) is 11.8 Å². The summed E-state index contributed by atoms with van der Waals surface area (Å²) in [7, 11) is 0. The molecule has 0 unspecified atom stereocenters. The van der Waals surface area contributed by atoms with Crippen molar-refractivity contribution < 1.29 is 39.3 Å². The highest BCUT2D eigenvalue weighted by molar-refractivity contribution is 7.99. The average Bonchev–Trinajstić information content (AvgIpc) is 3.16. The summed E-state index contributed by atoms with van der Waals surface area (Å²) in [5.41, 5.74) is 7.58. The summed E-state index contributed by atoms with van der Waals surface area (Å²) in [6, 6.07) is 30.7. The van der Waals surface area contributed by atoms with Gasteiger partial charge in [0.05, 0.1) is 24.4 Å². The van der Waals surface area contributed by atoms with Crippen LogP contribution in [0.25, 0.3) is 11.1 Å². The third kappa shape index (κ3) is 10.7. The van der Waals surface area contributed by atoms with E-state index in [1.54, 1.807) is 29.4 Å². The second-order valence-electron chi connectivity index (χ2n) is 12.2. The maximum Gasteiger partial charge on any atom is 0.335 e. The molecule has 5 rings (SSSR count). The number of hydrogen-bond acceptors (Lipinski definition) is 8. The fourth-order valence-electron chi connectivity index (χ4n) is 5.69. The molecule has 10 nitrogen and oxygen atoms in total. The van der Waals surface area contributed by atoms with Crippen LogP contribution in [0.3, 0.4) is 0 Å². The SMILES string of the molecule is O=C(CCCCCC(=O)NCc1cccc(-c2ccc([C@H]3O[C@@H](CSc4ccc(C(=O)O)cc4)C[C@@H](c4ccc(CO)cc4)O3)cc2)c1)NO. The van der Waals surface area contributed by atoms with E-state index in [1.807, 2.05) is 78.9 Å². The van der Waals surface area contributed by atoms with Crippen LogP contribution in [0.15, 0.2) is 102 Å². The van der Waals surface area contributed by atoms with E-state index < -0.39 is 18.2 Å². The topological polar surface area (TPSA) is 154 Å². The summed E-state index contributed by atoms with van der Waals surface area (Å²) in [5, 5.41) is 30.3. The number of carboxylic acids is 1. The maximum atomic E-state index is 12.3. The number of aromatic carboxylic acids is 1. The van der Waals surface area contributed by atoms with E-state index in [2.05, 4.69) is 11.4 Å². The van der Waals surface area contributed by atoms with Crippen LogP contribution >= 0.6 is 11.8 Å². The second-order valence-corrected chi connectivity index (χ2v) is 13.3. The van der Waals surface area contributed by atoms with Gasteiger partial charge in [-0.2, -0.15) is 0 Å². The van der Waals surface area contributed by atoms with Crippen LogP contribution in [0.5, 0.6) is 0 Å². The Morgan fingerprint density at radius 3 is 2.14 bits per heavy atom. The summed E-state index contributed by atoms with van der Waals surface area (Å²) >= 11 is 1.61. The lowest BCUT2D eigenvalue weighted by Crippen LogP contribution is -2.31. The monoisotopic (exact) mass is 698 g/mol. The molecular weight excluding hydrogens is 657 g/mol. The van der Waals surface area contributed by atoms with Crippen LogP contribution in [-0.4, -0.2) is 45.1 Å². The fraction of sp³-hybridized carbons (Fsp3) is 0.308. The largest absolute Gasteiger partial charge is 0.478 e. The number of hydrogen-bond donors (Lipinski definition) is 5. The Morgan fingerprint density at radius 1 is 0.760 bits per heavy atom. The molecule has 262 valence electrons. The number of unbranched alkanes of at least 4 members (excludes halogenated alkanes) is 2. The van der Waals surface area contributed by atoms with Gasteiger partial charge in [-0.15, -0.1) is 11.8 Å². The van der Waals surface area contributed by atoms with E-state index in [0.29, 0.717) is 38.0 Å². The van der Waals surface area contributed by atoms with Crippen molar-refractivity contribution in [2.75, 3.05) is 5.75 Å². The third-order valence-electron chi connectivity index (χ3n) is 8.52. The molecule has 0 spiro atoms. The zero-order valence-electron chi connectivity index (χ0n) is 27.6. The predicted molar refractivity (Wildman–Crippen MR) is 189 cm³/mol. The number of ether oxygens (including phenoxy) is 2. The minimum Gasteiger partial charge on any atom is -0.478 e. The lowest BCUT2D eigenvalue weighted by atomic mass is 9.99. The van der Waals surface area contributed by atoms with Crippen molar-refractivity contribution in [3.05, 3.63) is 125 Å². The molecule has 50 heavy (non-hydrogen) atoms. The number of carboxylic acid groups (broad SMARTS) is 1. The predicted octanol–water partition coefficient (Wildman–Crippen LogP) is 6.95. The summed E-state index contributed by atoms with van der Waals surface area (Å²) in [5.74, 6) is -0.765. The Bertz CT molecular complexity index is 1710. The van der Waals surface area contributed by atoms with Gasteiger partial charge in [0, 0.05) is 42.0 Å². The Balaban J connectivity index is 1.21. The normalized spacial score (nSPS) is 17.2. The van der Waals surface area contributed by atoms with Gasteiger partial charge in [0.15, 0.2) is 6.29 Å². The molecule has 0 radical (unpaired) electrons. The van der Waals surface area contributed by atoms with Crippen LogP contribution in [0.4, 0.5) is 0 Å². The quantitative estimate of drug-likeness (QED) is 0.0362. The van der Waals surface area contributed by atoms with Crippen LogP contribution in [0.1, 0.15) is 83.5 Å². The molecule has 0 aromatic heterocycles. The molecule has 1 heterocycles. The number of hydroxylamine groups is 1. The van der Waals surface area contributed by atoms with Crippen molar-refractivity contribution >= 4 is 29.5 Å². The van der Waals surface area contributed by atoms with Crippen LogP contribution < -0.4 is 10.8 Å². The number of nitrogens with one attached hydrogen (secondary N) is 2. The maximum absolute atomic E-state index is 12.3. The van der Waals surface area contributed by atoms with Crippen molar-refractivity contribution in [2.45, 2.75) is 75.1 Å². The number of carbonyl (C=O) groups excluding carboxylic acids is 2. The number of aliphatic hydroxyl groups is 1. The van der Waals surface area contributed by atoms with Crippen molar-refractivity contribution in [3.8, 4) is 11.1 Å². The van der Waals surface area contributed by atoms with E-state index in [9.17, 15) is 24.6 Å². The molecule has 4 aromatic rings. The summed E-state index contributed by atoms with van der Waals surface area (Å²) in [6.45, 7) is 0.378. The zero-order valence-corrected chi connectivity index (χ0v) is 28.4. The van der Waals surface area contributed by atoms with Gasteiger partial charge in [-0.1, -0.05) is 73.2 Å². The number of rotatable bonds is 16. The first-order valence-electron chi connectivity index (χ1n) is 16.7. The van der Waals surface area contributed by atoms with Crippen molar-refractivity contribution in [1.82, 2.24) is 10.8 Å². The van der Waals surface area contributed by atoms with Crippen LogP contribution in [0.2, 0.25) is 0 Å². The average molecular weight is 699 g/mol. The van der Waals surface area contributed by atoms with Gasteiger partial charge >= 0.3 is 5.97 Å². The summed E-state index contributed by atoms with van der Waals surface area (Å²) < 4.78 is 13.0. The Kier molecular flexibility index (Phi) is 13.6. The third-order valence-corrected chi connectivity index (χ3v) is 9.66. The van der Waals surface area contributed by atoms with Gasteiger partial charge in [-0.3, -0.25) is 14.8 Å². The van der Waals surface area contributed by atoms with E-state index in [1.165, 1.54) is 0 Å². The Labute approximate surface area is 295 Å². The highest BCUT2D eigenvalue weighted by Crippen LogP contribution is 2.40. The molecule has 0 saturated carbocycles. The minimum absolute atomic E-state index is 0.0299. The molecule has 5 N–H and O–H groups in total. The number of carbonyl (C=O) groups is 3. The van der Waals surface area contributed by atoms with Gasteiger partial charge in [0.1, 0.15) is 0 Å². The van der Waals surface area contributed by atoms with E-state index in [-0.39, 0.29) is 36.7 Å². The van der Waals surface area contributed by atoms with Crippen LogP contribution in [0, 0.1) is 0 Å². The fourth-order valence-corrected chi connectivity index (χ4v) is 6.61. The molecule has 0 aliphatic carbocycles. The van der Waals surface area contributed by atoms with Crippen LogP contribution in [-0.2, 0) is 32.2 Å². The van der Waals surface area contributed by atoms with E-state index in [0.717, 1.165) is 44.7 Å². The van der Waals surface area contributed by atoms with Gasteiger partial charge in [-0.25, -0.2) is 10.3 Å². The molecule has 11 heteroatoms. The zero-order chi connectivity index (χ0) is 35.3. The second kappa shape index (κ2) is 18.5. The number of thioether (sulfide) groups is 1. The summed E-state index contributed by atoms with van der Waals surface area (Å²) in [4.78, 5) is 35.6. The van der Waals surface area contributed by atoms with E-state index >= 15 is 0 Å². The smallest absolute Gasteiger partial charge is 0.335 e. The first-order valence-corrected chi connectivity index (χ1v) is 17.7. The molecular formula is C39H42N2O8S. The van der Waals surface area contributed by atoms with Gasteiger partial charge in [0.25, 0.3) is 0 Å². The summed E-state index contributed by atoms with van der Waals surface area (Å²) in [6.07, 6.45) is 2.30. The number of aliphatic hydroxyl groups excluding tert-OH is 1. The van der Waals surface area contributed by atoms with Gasteiger partial charge in [-0.05, 0) is 71.0 Å². The van der Waals surface area contributed by atoms with Crippen molar-refractivity contribution in [2.24, 2.45) is 0 Å². The number of amides is 2. The highest BCUT2D eigenvalue weighted by Gasteiger charge is 2.32. The lowest BCUT2D eigenvalue weighted by molar-refractivity contribution is -0.245. The first-order chi connectivity index (χ1) is 24.3. The standard InChI is InChI=1S/C39H42N2O8S/c42-24-26-9-11-29(12-10-26)35-22-33(25-50-34-19-17-30(18-20-34)38(45)46)48-39(49-35)31-15-13-28(14-16-31)32-6-4-5-27(21-32)23-40-36(43)7-2-1-3-8-37(44)41-47/h4-6,9-21,33,35,39,42,47H,1-3,7-8,22-25H2,(H,40,43)(H,41,44)(H,45,46)/t33-,35+,39+/m1/s1. The van der Waals surface area contributed by atoms with E-state index in [4.69, 9.17) is 14.7 Å². The molecule has 2 amide bonds. The minimum atomic E-state index is -0.955. The highest BCUT2D eigenvalue weighted by atomic mass is 32.2. The Morgan fingerprint density at radius 2 is 1.46 bits per heavy atom.